The van der Waals surface area contributed by atoms with E-state index in [1.54, 1.807) is 12.5 Å². The van der Waals surface area contributed by atoms with Crippen molar-refractivity contribution in [3.8, 4) is 0 Å². The molecule has 0 fully saturated rings. The third-order valence-electron chi connectivity index (χ3n) is 3.73. The maximum Gasteiger partial charge on any atom is 0.154 e. The number of imidazole rings is 1. The molecule has 3 rings (SSSR count). The van der Waals surface area contributed by atoms with E-state index in [4.69, 9.17) is 0 Å². The van der Waals surface area contributed by atoms with Crippen LogP contribution in [0.1, 0.15) is 17.0 Å². The van der Waals surface area contributed by atoms with Crippen molar-refractivity contribution in [1.82, 2.24) is 24.3 Å². The van der Waals surface area contributed by atoms with E-state index < -0.39 is 0 Å². The summed E-state index contributed by atoms with van der Waals surface area (Å²) in [5, 5.41) is 7.80. The minimum absolute atomic E-state index is 0.703. The van der Waals surface area contributed by atoms with Gasteiger partial charge in [0.1, 0.15) is 5.52 Å². The Hall–Kier alpha value is -2.37. The number of fused-ring (bicyclic) bond motifs is 1. The fraction of sp³-hybridized carbons (Fsp3) is 0.357. The molecule has 104 valence electrons. The van der Waals surface area contributed by atoms with Crippen LogP contribution in [0.3, 0.4) is 0 Å². The van der Waals surface area contributed by atoms with E-state index in [9.17, 15) is 0 Å². The molecule has 0 atom stereocenters. The molecular formula is C14H18N6. The summed E-state index contributed by atoms with van der Waals surface area (Å²) in [4.78, 5) is 8.78. The highest BCUT2D eigenvalue weighted by Gasteiger charge is 2.11. The van der Waals surface area contributed by atoms with Crippen molar-refractivity contribution in [2.24, 2.45) is 14.1 Å². The first-order valence-electron chi connectivity index (χ1n) is 6.57. The largest absolute Gasteiger partial charge is 0.364 e. The average Bonchev–Trinajstić information content (AvgIpc) is 2.91. The summed E-state index contributed by atoms with van der Waals surface area (Å²) < 4.78 is 3.89. The van der Waals surface area contributed by atoms with Crippen LogP contribution in [0.4, 0.5) is 5.82 Å². The van der Waals surface area contributed by atoms with Crippen LogP contribution in [0.5, 0.6) is 0 Å². The van der Waals surface area contributed by atoms with Gasteiger partial charge in [-0.2, -0.15) is 5.10 Å². The molecule has 1 N–H and O–H groups in total. The maximum atomic E-state index is 4.43. The monoisotopic (exact) mass is 270 g/mol. The number of nitrogens with one attached hydrogen (secondary N) is 1. The molecular weight excluding hydrogens is 252 g/mol. The highest BCUT2D eigenvalue weighted by Crippen LogP contribution is 2.20. The third-order valence-corrected chi connectivity index (χ3v) is 3.73. The Morgan fingerprint density at radius 2 is 2.00 bits per heavy atom. The smallest absolute Gasteiger partial charge is 0.154 e. The summed E-state index contributed by atoms with van der Waals surface area (Å²) in [5.74, 6) is 0.811. The molecule has 0 aliphatic carbocycles. The third kappa shape index (κ3) is 1.93. The second-order valence-corrected chi connectivity index (χ2v) is 5.01. The zero-order valence-electron chi connectivity index (χ0n) is 12.2. The van der Waals surface area contributed by atoms with Crippen molar-refractivity contribution in [3.05, 3.63) is 35.5 Å². The van der Waals surface area contributed by atoms with Gasteiger partial charge in [0, 0.05) is 38.1 Å². The van der Waals surface area contributed by atoms with E-state index in [2.05, 4.69) is 27.3 Å². The fourth-order valence-corrected chi connectivity index (χ4v) is 2.44. The Morgan fingerprint density at radius 3 is 2.70 bits per heavy atom. The molecule has 3 aromatic heterocycles. The highest BCUT2D eigenvalue weighted by atomic mass is 15.3. The topological polar surface area (TPSA) is 60.6 Å². The summed E-state index contributed by atoms with van der Waals surface area (Å²) in [5.41, 5.74) is 5.40. The van der Waals surface area contributed by atoms with Crippen molar-refractivity contribution in [2.75, 3.05) is 5.32 Å². The van der Waals surface area contributed by atoms with Gasteiger partial charge in [-0.1, -0.05) is 0 Å². The van der Waals surface area contributed by atoms with Crippen LogP contribution in [0, 0.1) is 13.8 Å². The lowest BCUT2D eigenvalue weighted by molar-refractivity contribution is 0.730. The normalized spacial score (nSPS) is 11.2. The zero-order chi connectivity index (χ0) is 14.3. The van der Waals surface area contributed by atoms with Crippen LogP contribution in [0.15, 0.2) is 18.6 Å². The van der Waals surface area contributed by atoms with Gasteiger partial charge >= 0.3 is 0 Å². The van der Waals surface area contributed by atoms with Gasteiger partial charge in [-0.25, -0.2) is 9.97 Å². The van der Waals surface area contributed by atoms with Crippen molar-refractivity contribution in [1.29, 1.82) is 0 Å². The molecule has 0 radical (unpaired) electrons. The first-order chi connectivity index (χ1) is 9.58. The molecule has 3 aromatic rings. The SMILES string of the molecule is Cc1nn(C)c(C)c1CNc1nccc2c1ncn2C. The molecule has 6 heteroatoms. The molecule has 3 heterocycles. The van der Waals surface area contributed by atoms with Crippen molar-refractivity contribution in [2.45, 2.75) is 20.4 Å². The number of nitrogens with zero attached hydrogens (tertiary/aromatic N) is 5. The van der Waals surface area contributed by atoms with Crippen molar-refractivity contribution in [3.63, 3.8) is 0 Å². The summed E-state index contributed by atoms with van der Waals surface area (Å²) in [7, 11) is 3.94. The van der Waals surface area contributed by atoms with Crippen LogP contribution in [0.25, 0.3) is 11.0 Å². The molecule has 0 unspecified atom stereocenters. The summed E-state index contributed by atoms with van der Waals surface area (Å²) in [6, 6.07) is 1.97. The Balaban J connectivity index is 1.90. The maximum absolute atomic E-state index is 4.43. The van der Waals surface area contributed by atoms with Gasteiger partial charge in [0.25, 0.3) is 0 Å². The minimum atomic E-state index is 0.703. The van der Waals surface area contributed by atoms with Crippen LogP contribution in [-0.4, -0.2) is 24.3 Å². The van der Waals surface area contributed by atoms with Crippen molar-refractivity contribution < 1.29 is 0 Å². The van der Waals surface area contributed by atoms with Gasteiger partial charge < -0.3 is 9.88 Å². The van der Waals surface area contributed by atoms with Gasteiger partial charge in [-0.15, -0.1) is 0 Å². The van der Waals surface area contributed by atoms with Crippen LogP contribution < -0.4 is 5.32 Å². The van der Waals surface area contributed by atoms with E-state index in [1.807, 2.05) is 36.3 Å². The lowest BCUT2D eigenvalue weighted by Crippen LogP contribution is -2.04. The highest BCUT2D eigenvalue weighted by molar-refractivity contribution is 5.85. The second kappa shape index (κ2) is 4.63. The molecule has 0 bridgehead atoms. The standard InChI is InChI=1S/C14H18N6/c1-9-11(10(2)20(4)18-9)7-16-14-13-12(5-6-15-14)19(3)8-17-13/h5-6,8H,7H2,1-4H3,(H,15,16). The van der Waals surface area contributed by atoms with Gasteiger partial charge in [0.05, 0.1) is 17.5 Å². The molecule has 0 saturated carbocycles. The predicted molar refractivity (Wildman–Crippen MR) is 78.5 cm³/mol. The lowest BCUT2D eigenvalue weighted by Gasteiger charge is -2.07. The van der Waals surface area contributed by atoms with E-state index >= 15 is 0 Å². The van der Waals surface area contributed by atoms with Gasteiger partial charge in [0.2, 0.25) is 0 Å². The summed E-state index contributed by atoms with van der Waals surface area (Å²) in [6.07, 6.45) is 3.60. The van der Waals surface area contributed by atoms with Crippen LogP contribution >= 0.6 is 0 Å². The molecule has 0 amide bonds. The Bertz CT molecular complexity index is 767. The molecule has 0 aromatic carbocycles. The number of aromatic nitrogens is 5. The number of hydrogen-bond donors (Lipinski definition) is 1. The number of aryl methyl sites for hydroxylation is 3. The minimum Gasteiger partial charge on any atom is -0.364 e. The van der Waals surface area contributed by atoms with E-state index in [0.29, 0.717) is 6.54 Å². The average molecular weight is 270 g/mol. The van der Waals surface area contributed by atoms with E-state index in [1.165, 1.54) is 11.3 Å². The predicted octanol–water partition coefficient (Wildman–Crippen LogP) is 1.93. The first-order valence-corrected chi connectivity index (χ1v) is 6.57. The van der Waals surface area contributed by atoms with Gasteiger partial charge in [0.15, 0.2) is 5.82 Å². The van der Waals surface area contributed by atoms with E-state index in [-0.39, 0.29) is 0 Å². The number of anilines is 1. The quantitative estimate of drug-likeness (QED) is 0.790. The molecule has 0 spiro atoms. The molecule has 0 aliphatic heterocycles. The lowest BCUT2D eigenvalue weighted by atomic mass is 10.2. The van der Waals surface area contributed by atoms with Gasteiger partial charge in [-0.05, 0) is 19.9 Å². The van der Waals surface area contributed by atoms with Crippen LogP contribution in [-0.2, 0) is 20.6 Å². The fourth-order valence-electron chi connectivity index (χ4n) is 2.44. The second-order valence-electron chi connectivity index (χ2n) is 5.01. The number of rotatable bonds is 3. The Morgan fingerprint density at radius 1 is 1.20 bits per heavy atom. The molecule has 0 aliphatic rings. The summed E-state index contributed by atoms with van der Waals surface area (Å²) >= 11 is 0. The Kier molecular flexibility index (Phi) is 2.93. The molecule has 6 nitrogen and oxygen atoms in total. The molecule has 0 saturated heterocycles. The number of pyridine rings is 1. The Labute approximate surface area is 117 Å². The van der Waals surface area contributed by atoms with Crippen molar-refractivity contribution >= 4 is 16.9 Å². The van der Waals surface area contributed by atoms with E-state index in [0.717, 1.165) is 22.5 Å². The number of hydrogen-bond acceptors (Lipinski definition) is 4. The first kappa shape index (κ1) is 12.7. The van der Waals surface area contributed by atoms with Gasteiger partial charge in [-0.3, -0.25) is 4.68 Å². The zero-order valence-corrected chi connectivity index (χ0v) is 12.2. The molecule has 20 heavy (non-hydrogen) atoms. The van der Waals surface area contributed by atoms with Crippen LogP contribution in [0.2, 0.25) is 0 Å². The summed E-state index contributed by atoms with van der Waals surface area (Å²) in [6.45, 7) is 4.80.